The number of hydrogen-bond donors (Lipinski definition) is 2. The molecule has 2 N–H and O–H groups in total. The molecular formula is C16H29NO3. The lowest BCUT2D eigenvalue weighted by Gasteiger charge is -2.37. The highest BCUT2D eigenvalue weighted by Crippen LogP contribution is 2.40. The minimum absolute atomic E-state index is 0.0183. The van der Waals surface area contributed by atoms with Crippen molar-refractivity contribution in [2.24, 2.45) is 23.2 Å². The molecule has 0 heterocycles. The van der Waals surface area contributed by atoms with Crippen molar-refractivity contribution in [2.75, 3.05) is 6.54 Å². The minimum Gasteiger partial charge on any atom is -0.481 e. The standard InChI is InChI=1S/C16H29NO3/c1-11(2)9-12(15(19)20)10-17-14(18)13-7-5-6-8-16(13,3)4/h11-13H,5-10H2,1-4H3,(H,17,18)(H,19,20). The van der Waals surface area contributed by atoms with Crippen LogP contribution in [-0.4, -0.2) is 23.5 Å². The molecule has 0 bridgehead atoms. The molecule has 116 valence electrons. The van der Waals surface area contributed by atoms with Gasteiger partial charge in [-0.1, -0.05) is 40.5 Å². The Labute approximate surface area is 122 Å². The molecule has 0 aromatic heterocycles. The van der Waals surface area contributed by atoms with Crippen LogP contribution in [-0.2, 0) is 9.59 Å². The number of carbonyl (C=O) groups is 2. The molecule has 0 aliphatic heterocycles. The van der Waals surface area contributed by atoms with E-state index in [0.717, 1.165) is 19.3 Å². The van der Waals surface area contributed by atoms with Crippen molar-refractivity contribution in [1.29, 1.82) is 0 Å². The molecule has 0 spiro atoms. The zero-order valence-electron chi connectivity index (χ0n) is 13.2. The van der Waals surface area contributed by atoms with E-state index in [-0.39, 0.29) is 23.8 Å². The van der Waals surface area contributed by atoms with Gasteiger partial charge in [-0.2, -0.15) is 0 Å². The minimum atomic E-state index is -0.818. The zero-order chi connectivity index (χ0) is 15.3. The van der Waals surface area contributed by atoms with Gasteiger partial charge in [-0.25, -0.2) is 0 Å². The summed E-state index contributed by atoms with van der Waals surface area (Å²) in [6.07, 6.45) is 4.86. The molecule has 2 atom stereocenters. The van der Waals surface area contributed by atoms with Crippen molar-refractivity contribution in [2.45, 2.75) is 59.8 Å². The van der Waals surface area contributed by atoms with Crippen LogP contribution in [0.15, 0.2) is 0 Å². The van der Waals surface area contributed by atoms with Gasteiger partial charge in [0.2, 0.25) is 5.91 Å². The Morgan fingerprint density at radius 2 is 1.95 bits per heavy atom. The monoisotopic (exact) mass is 283 g/mol. The molecule has 0 radical (unpaired) electrons. The smallest absolute Gasteiger partial charge is 0.308 e. The molecule has 1 saturated carbocycles. The number of carbonyl (C=O) groups excluding carboxylic acids is 1. The topological polar surface area (TPSA) is 66.4 Å². The molecule has 1 amide bonds. The van der Waals surface area contributed by atoms with E-state index in [2.05, 4.69) is 19.2 Å². The van der Waals surface area contributed by atoms with Gasteiger partial charge in [-0.15, -0.1) is 0 Å². The van der Waals surface area contributed by atoms with Crippen LogP contribution in [0.4, 0.5) is 0 Å². The van der Waals surface area contributed by atoms with Gasteiger partial charge in [-0.3, -0.25) is 9.59 Å². The molecule has 0 saturated heterocycles. The van der Waals surface area contributed by atoms with E-state index >= 15 is 0 Å². The number of carboxylic acid groups (broad SMARTS) is 1. The summed E-state index contributed by atoms with van der Waals surface area (Å²) in [4.78, 5) is 23.5. The van der Waals surface area contributed by atoms with E-state index in [9.17, 15) is 14.7 Å². The van der Waals surface area contributed by atoms with Crippen LogP contribution in [0.1, 0.15) is 59.8 Å². The Morgan fingerprint density at radius 1 is 1.30 bits per heavy atom. The molecule has 4 heteroatoms. The second kappa shape index (κ2) is 7.09. The van der Waals surface area contributed by atoms with E-state index in [1.165, 1.54) is 6.42 Å². The largest absolute Gasteiger partial charge is 0.481 e. The first-order chi connectivity index (χ1) is 9.24. The molecule has 1 rings (SSSR count). The van der Waals surface area contributed by atoms with Crippen molar-refractivity contribution in [3.05, 3.63) is 0 Å². The lowest BCUT2D eigenvalue weighted by Crippen LogP contribution is -2.43. The summed E-state index contributed by atoms with van der Waals surface area (Å²) >= 11 is 0. The molecule has 1 aliphatic rings. The van der Waals surface area contributed by atoms with Crippen LogP contribution in [0.25, 0.3) is 0 Å². The molecular weight excluding hydrogens is 254 g/mol. The normalized spacial score (nSPS) is 23.4. The quantitative estimate of drug-likeness (QED) is 0.787. The molecule has 1 fully saturated rings. The summed E-state index contributed by atoms with van der Waals surface area (Å²) in [5.41, 5.74) is 0.0269. The fraction of sp³-hybridized carbons (Fsp3) is 0.875. The first kappa shape index (κ1) is 17.0. The van der Waals surface area contributed by atoms with Crippen molar-refractivity contribution < 1.29 is 14.7 Å². The number of amides is 1. The summed E-state index contributed by atoms with van der Waals surface area (Å²) in [5.74, 6) is -0.930. The van der Waals surface area contributed by atoms with E-state index in [1.54, 1.807) is 0 Å². The van der Waals surface area contributed by atoms with Gasteiger partial charge in [0, 0.05) is 12.5 Å². The summed E-state index contributed by atoms with van der Waals surface area (Å²) in [6, 6.07) is 0. The van der Waals surface area contributed by atoms with Crippen molar-refractivity contribution in [3.63, 3.8) is 0 Å². The molecule has 1 aliphatic carbocycles. The number of rotatable bonds is 6. The number of carboxylic acids is 1. The second-order valence-corrected chi connectivity index (χ2v) is 7.20. The highest BCUT2D eigenvalue weighted by Gasteiger charge is 2.37. The van der Waals surface area contributed by atoms with E-state index in [0.29, 0.717) is 12.3 Å². The number of hydrogen-bond acceptors (Lipinski definition) is 2. The van der Waals surface area contributed by atoms with Crippen LogP contribution in [0, 0.1) is 23.2 Å². The Balaban J connectivity index is 2.54. The lowest BCUT2D eigenvalue weighted by atomic mass is 9.68. The molecule has 0 aromatic rings. The maximum Gasteiger partial charge on any atom is 0.308 e. The van der Waals surface area contributed by atoms with Gasteiger partial charge in [0.05, 0.1) is 5.92 Å². The first-order valence-corrected chi connectivity index (χ1v) is 7.74. The first-order valence-electron chi connectivity index (χ1n) is 7.74. The van der Waals surface area contributed by atoms with Gasteiger partial charge in [0.1, 0.15) is 0 Å². The SMILES string of the molecule is CC(C)CC(CNC(=O)C1CCCCC1(C)C)C(=O)O. The van der Waals surface area contributed by atoms with Crippen molar-refractivity contribution >= 4 is 11.9 Å². The van der Waals surface area contributed by atoms with Crippen LogP contribution < -0.4 is 5.32 Å². The van der Waals surface area contributed by atoms with Crippen molar-refractivity contribution in [3.8, 4) is 0 Å². The fourth-order valence-corrected chi connectivity index (χ4v) is 3.17. The van der Waals surface area contributed by atoms with Crippen LogP contribution >= 0.6 is 0 Å². The highest BCUT2D eigenvalue weighted by atomic mass is 16.4. The molecule has 0 aromatic carbocycles. The predicted octanol–water partition coefficient (Wildman–Crippen LogP) is 3.07. The van der Waals surface area contributed by atoms with E-state index < -0.39 is 11.9 Å². The molecule has 4 nitrogen and oxygen atoms in total. The average molecular weight is 283 g/mol. The Hall–Kier alpha value is -1.06. The second-order valence-electron chi connectivity index (χ2n) is 7.20. The van der Waals surface area contributed by atoms with Crippen LogP contribution in [0.5, 0.6) is 0 Å². The predicted molar refractivity (Wildman–Crippen MR) is 79.3 cm³/mol. The van der Waals surface area contributed by atoms with Crippen LogP contribution in [0.3, 0.4) is 0 Å². The van der Waals surface area contributed by atoms with E-state index in [4.69, 9.17) is 0 Å². The fourth-order valence-electron chi connectivity index (χ4n) is 3.17. The maximum atomic E-state index is 12.3. The Kier molecular flexibility index (Phi) is 6.03. The Bertz CT molecular complexity index is 350. The third-order valence-electron chi connectivity index (χ3n) is 4.45. The summed E-state index contributed by atoms with van der Waals surface area (Å²) in [5, 5.41) is 12.1. The van der Waals surface area contributed by atoms with Gasteiger partial charge < -0.3 is 10.4 Å². The summed E-state index contributed by atoms with van der Waals surface area (Å²) in [6.45, 7) is 8.53. The average Bonchev–Trinajstić information content (AvgIpc) is 2.32. The van der Waals surface area contributed by atoms with E-state index in [1.807, 2.05) is 13.8 Å². The number of aliphatic carboxylic acids is 1. The molecule has 20 heavy (non-hydrogen) atoms. The third kappa shape index (κ3) is 4.80. The van der Waals surface area contributed by atoms with Crippen LogP contribution in [0.2, 0.25) is 0 Å². The summed E-state index contributed by atoms with van der Waals surface area (Å²) < 4.78 is 0. The van der Waals surface area contributed by atoms with Gasteiger partial charge in [0.25, 0.3) is 0 Å². The highest BCUT2D eigenvalue weighted by molar-refractivity contribution is 5.80. The molecule has 2 unspecified atom stereocenters. The van der Waals surface area contributed by atoms with Gasteiger partial charge in [-0.05, 0) is 30.6 Å². The summed E-state index contributed by atoms with van der Waals surface area (Å²) in [7, 11) is 0. The number of nitrogens with one attached hydrogen (secondary N) is 1. The maximum absolute atomic E-state index is 12.3. The van der Waals surface area contributed by atoms with Crippen molar-refractivity contribution in [1.82, 2.24) is 5.32 Å². The third-order valence-corrected chi connectivity index (χ3v) is 4.45. The zero-order valence-corrected chi connectivity index (χ0v) is 13.2. The Morgan fingerprint density at radius 3 is 2.45 bits per heavy atom. The lowest BCUT2D eigenvalue weighted by molar-refractivity contribution is -0.142. The van der Waals surface area contributed by atoms with Gasteiger partial charge in [0.15, 0.2) is 0 Å². The van der Waals surface area contributed by atoms with Gasteiger partial charge >= 0.3 is 5.97 Å².